The fraction of sp³-hybridized carbons (Fsp3) is 0.259. The number of aryl methyl sites for hydroxylation is 1. The molecule has 3 aromatic carbocycles. The van der Waals surface area contributed by atoms with E-state index < -0.39 is 34.1 Å². The molecular formula is C27H25FN2O5. The zero-order valence-corrected chi connectivity index (χ0v) is 19.2. The van der Waals surface area contributed by atoms with Crippen molar-refractivity contribution in [3.63, 3.8) is 0 Å². The minimum atomic E-state index is -1.33. The number of halogens is 1. The van der Waals surface area contributed by atoms with Crippen LogP contribution >= 0.6 is 0 Å². The van der Waals surface area contributed by atoms with E-state index in [1.165, 1.54) is 24.3 Å². The molecule has 1 fully saturated rings. The van der Waals surface area contributed by atoms with Gasteiger partial charge in [-0.1, -0.05) is 61.4 Å². The molecule has 8 heteroatoms. The normalized spacial score (nSPS) is 15.3. The number of rotatable bonds is 7. The lowest BCUT2D eigenvalue weighted by Gasteiger charge is -2.29. The summed E-state index contributed by atoms with van der Waals surface area (Å²) in [6, 6.07) is 18.7. The van der Waals surface area contributed by atoms with E-state index in [2.05, 4.69) is 5.32 Å². The summed E-state index contributed by atoms with van der Waals surface area (Å²) in [4.78, 5) is 37.9. The highest BCUT2D eigenvalue weighted by Gasteiger charge is 2.46. The lowest BCUT2D eigenvalue weighted by atomic mass is 9.79. The van der Waals surface area contributed by atoms with Crippen molar-refractivity contribution in [2.24, 2.45) is 0 Å². The van der Waals surface area contributed by atoms with E-state index in [1.54, 1.807) is 55.5 Å². The molecular weight excluding hydrogens is 451 g/mol. The second-order valence-corrected chi connectivity index (χ2v) is 8.76. The SMILES string of the molecule is Cc1ccc(NC(=O)C(OC(=O)C2(c3ccc(F)cc3)CCCC2)c2ccccc2)c([N+](=O)[O-])c1. The van der Waals surface area contributed by atoms with Gasteiger partial charge in [0.15, 0.2) is 0 Å². The van der Waals surface area contributed by atoms with Gasteiger partial charge < -0.3 is 10.1 Å². The first-order valence-corrected chi connectivity index (χ1v) is 11.4. The molecule has 1 aliphatic rings. The lowest BCUT2D eigenvalue weighted by Crippen LogP contribution is -2.38. The fourth-order valence-electron chi connectivity index (χ4n) is 4.58. The molecule has 0 aliphatic heterocycles. The van der Waals surface area contributed by atoms with Gasteiger partial charge in [0.1, 0.15) is 11.5 Å². The largest absolute Gasteiger partial charge is 0.447 e. The summed E-state index contributed by atoms with van der Waals surface area (Å²) in [5.74, 6) is -1.69. The Morgan fingerprint density at radius 3 is 2.31 bits per heavy atom. The predicted molar refractivity (Wildman–Crippen MR) is 128 cm³/mol. The molecule has 1 aliphatic carbocycles. The second kappa shape index (κ2) is 10.0. The standard InChI is InChI=1S/C27H25FN2O5/c1-18-9-14-22(23(17-18)30(33)34)29-25(31)24(19-7-3-2-4-8-19)35-26(32)27(15-5-6-16-27)20-10-12-21(28)13-11-20/h2-4,7-14,17,24H,5-6,15-16H2,1H3,(H,29,31). The maximum Gasteiger partial charge on any atom is 0.317 e. The predicted octanol–water partition coefficient (Wildman–Crippen LogP) is 5.78. The van der Waals surface area contributed by atoms with Gasteiger partial charge in [-0.3, -0.25) is 19.7 Å². The number of carbonyl (C=O) groups excluding carboxylic acids is 2. The highest BCUT2D eigenvalue weighted by Crippen LogP contribution is 2.43. The smallest absolute Gasteiger partial charge is 0.317 e. The van der Waals surface area contributed by atoms with Gasteiger partial charge in [-0.15, -0.1) is 0 Å². The van der Waals surface area contributed by atoms with Crippen LogP contribution in [0.5, 0.6) is 0 Å². The number of nitro groups is 1. The topological polar surface area (TPSA) is 98.5 Å². The number of amides is 1. The molecule has 1 unspecified atom stereocenters. The Morgan fingerprint density at radius 1 is 1.03 bits per heavy atom. The Balaban J connectivity index is 1.66. The third kappa shape index (κ3) is 5.06. The second-order valence-electron chi connectivity index (χ2n) is 8.76. The van der Waals surface area contributed by atoms with Gasteiger partial charge in [-0.05, 0) is 49.1 Å². The molecule has 1 saturated carbocycles. The first kappa shape index (κ1) is 24.1. The van der Waals surface area contributed by atoms with Crippen LogP contribution in [-0.4, -0.2) is 16.8 Å². The van der Waals surface area contributed by atoms with Crippen LogP contribution in [0.2, 0.25) is 0 Å². The van der Waals surface area contributed by atoms with Crippen molar-refractivity contribution < 1.29 is 23.6 Å². The number of nitro benzene ring substituents is 1. The molecule has 0 radical (unpaired) electrons. The Morgan fingerprint density at radius 2 is 1.69 bits per heavy atom. The molecule has 7 nitrogen and oxygen atoms in total. The quantitative estimate of drug-likeness (QED) is 0.265. The average molecular weight is 477 g/mol. The number of esters is 1. The maximum atomic E-state index is 13.6. The highest BCUT2D eigenvalue weighted by atomic mass is 19.1. The van der Waals surface area contributed by atoms with Gasteiger partial charge in [0.25, 0.3) is 11.6 Å². The Labute approximate surface area is 202 Å². The first-order chi connectivity index (χ1) is 16.8. The molecule has 180 valence electrons. The van der Waals surface area contributed by atoms with Crippen molar-refractivity contribution in [2.75, 3.05) is 5.32 Å². The molecule has 0 heterocycles. The molecule has 1 amide bonds. The molecule has 1 atom stereocenters. The monoisotopic (exact) mass is 476 g/mol. The summed E-state index contributed by atoms with van der Waals surface area (Å²) < 4.78 is 19.4. The Kier molecular flexibility index (Phi) is 6.91. The molecule has 0 aromatic heterocycles. The van der Waals surface area contributed by atoms with Crippen molar-refractivity contribution in [1.29, 1.82) is 0 Å². The average Bonchev–Trinajstić information content (AvgIpc) is 3.35. The number of hydrogen-bond donors (Lipinski definition) is 1. The first-order valence-electron chi connectivity index (χ1n) is 11.4. The van der Waals surface area contributed by atoms with Crippen LogP contribution < -0.4 is 5.32 Å². The number of ether oxygens (including phenoxy) is 1. The van der Waals surface area contributed by atoms with E-state index in [1.807, 2.05) is 0 Å². The van der Waals surface area contributed by atoms with Crippen molar-refractivity contribution in [1.82, 2.24) is 0 Å². The third-order valence-corrected chi connectivity index (χ3v) is 6.42. The summed E-state index contributed by atoms with van der Waals surface area (Å²) >= 11 is 0. The van der Waals surface area contributed by atoms with Crippen molar-refractivity contribution in [3.05, 3.63) is 105 Å². The molecule has 4 rings (SSSR count). The number of anilines is 1. The number of carbonyl (C=O) groups is 2. The van der Waals surface area contributed by atoms with Crippen molar-refractivity contribution in [2.45, 2.75) is 44.1 Å². The van der Waals surface area contributed by atoms with Gasteiger partial charge in [0.2, 0.25) is 6.10 Å². The Bertz CT molecular complexity index is 1240. The molecule has 0 bridgehead atoms. The summed E-state index contributed by atoms with van der Waals surface area (Å²) in [5, 5.41) is 14.1. The van der Waals surface area contributed by atoms with E-state index in [-0.39, 0.29) is 11.4 Å². The Hall–Kier alpha value is -4.07. The highest BCUT2D eigenvalue weighted by molar-refractivity contribution is 5.98. The van der Waals surface area contributed by atoms with Crippen LogP contribution in [0, 0.1) is 22.9 Å². The van der Waals surface area contributed by atoms with E-state index in [0.29, 0.717) is 29.5 Å². The van der Waals surface area contributed by atoms with Crippen LogP contribution in [0.15, 0.2) is 72.8 Å². The number of nitrogens with zero attached hydrogens (tertiary/aromatic N) is 1. The van der Waals surface area contributed by atoms with Gasteiger partial charge in [0, 0.05) is 11.6 Å². The van der Waals surface area contributed by atoms with E-state index in [9.17, 15) is 24.1 Å². The van der Waals surface area contributed by atoms with Crippen molar-refractivity contribution in [3.8, 4) is 0 Å². The summed E-state index contributed by atoms with van der Waals surface area (Å²) in [7, 11) is 0. The zero-order valence-electron chi connectivity index (χ0n) is 19.2. The van der Waals surface area contributed by atoms with Crippen LogP contribution in [-0.2, 0) is 19.7 Å². The van der Waals surface area contributed by atoms with Gasteiger partial charge in [-0.25, -0.2) is 4.39 Å². The minimum Gasteiger partial charge on any atom is -0.447 e. The van der Waals surface area contributed by atoms with Gasteiger partial charge in [-0.2, -0.15) is 0 Å². The van der Waals surface area contributed by atoms with Gasteiger partial charge >= 0.3 is 5.97 Å². The summed E-state index contributed by atoms with van der Waals surface area (Å²) in [6.07, 6.45) is 1.30. The maximum absolute atomic E-state index is 13.6. The zero-order chi connectivity index (χ0) is 25.0. The number of nitrogens with one attached hydrogen (secondary N) is 1. The fourth-order valence-corrected chi connectivity index (χ4v) is 4.58. The summed E-state index contributed by atoms with van der Waals surface area (Å²) in [6.45, 7) is 1.71. The van der Waals surface area contributed by atoms with Gasteiger partial charge in [0.05, 0.1) is 10.3 Å². The molecule has 35 heavy (non-hydrogen) atoms. The lowest BCUT2D eigenvalue weighted by molar-refractivity contribution is -0.384. The van der Waals surface area contributed by atoms with E-state index >= 15 is 0 Å². The van der Waals surface area contributed by atoms with E-state index in [0.717, 1.165) is 12.8 Å². The van der Waals surface area contributed by atoms with E-state index in [4.69, 9.17) is 4.74 Å². The summed E-state index contributed by atoms with van der Waals surface area (Å²) in [5.41, 5.74) is 0.509. The molecule has 0 saturated heterocycles. The minimum absolute atomic E-state index is 0.0108. The van der Waals surface area contributed by atoms with Crippen LogP contribution in [0.3, 0.4) is 0 Å². The van der Waals surface area contributed by atoms with Crippen LogP contribution in [0.1, 0.15) is 48.5 Å². The third-order valence-electron chi connectivity index (χ3n) is 6.42. The number of hydrogen-bond acceptors (Lipinski definition) is 5. The van der Waals surface area contributed by atoms with Crippen molar-refractivity contribution >= 4 is 23.3 Å². The van der Waals surface area contributed by atoms with Crippen LogP contribution in [0.25, 0.3) is 0 Å². The molecule has 3 aromatic rings. The van der Waals surface area contributed by atoms with Crippen LogP contribution in [0.4, 0.5) is 15.8 Å². The number of benzene rings is 3. The molecule has 1 N–H and O–H groups in total. The molecule has 0 spiro atoms.